The van der Waals surface area contributed by atoms with Crippen LogP contribution in [0.5, 0.6) is 0 Å². The molecule has 0 saturated heterocycles. The zero-order chi connectivity index (χ0) is 19.7. The van der Waals surface area contributed by atoms with E-state index >= 15 is 0 Å². The second-order valence-corrected chi connectivity index (χ2v) is 7.70. The third-order valence-electron chi connectivity index (χ3n) is 4.01. The molecule has 0 saturated carbocycles. The smallest absolute Gasteiger partial charge is 0.159 e. The molecule has 0 aliphatic heterocycles. The Morgan fingerprint density at radius 2 is 0.885 bits per heavy atom. The summed E-state index contributed by atoms with van der Waals surface area (Å²) in [4.78, 5) is 22.0. The van der Waals surface area contributed by atoms with E-state index in [4.69, 9.17) is 0 Å². The van der Waals surface area contributed by atoms with Gasteiger partial charge in [0.2, 0.25) is 0 Å². The predicted molar refractivity (Wildman–Crippen MR) is 110 cm³/mol. The maximum atomic E-state index is 11.0. The van der Waals surface area contributed by atoms with Gasteiger partial charge in [0.05, 0.1) is 0 Å². The van der Waals surface area contributed by atoms with Crippen molar-refractivity contribution in [3.63, 3.8) is 0 Å². The predicted octanol–water partition coefficient (Wildman–Crippen LogP) is 6.18. The van der Waals surface area contributed by atoms with Gasteiger partial charge in [-0.05, 0) is 49.7 Å². The molecule has 26 heavy (non-hydrogen) atoms. The number of hydrogen-bond donors (Lipinski definition) is 0. The molecule has 0 atom stereocenters. The molecule has 0 spiro atoms. The number of carbonyl (C=O) groups excluding carboxylic acids is 2. The third-order valence-corrected chi connectivity index (χ3v) is 4.01. The Balaban J connectivity index is 0.000000260. The van der Waals surface area contributed by atoms with E-state index < -0.39 is 0 Å². The highest BCUT2D eigenvalue weighted by atomic mass is 16.1. The van der Waals surface area contributed by atoms with Crippen LogP contribution in [-0.2, 0) is 12.8 Å². The fourth-order valence-corrected chi connectivity index (χ4v) is 2.69. The van der Waals surface area contributed by atoms with Crippen molar-refractivity contribution in [3.8, 4) is 0 Å². The van der Waals surface area contributed by atoms with Crippen LogP contribution >= 0.6 is 0 Å². The van der Waals surface area contributed by atoms with Gasteiger partial charge >= 0.3 is 0 Å². The van der Waals surface area contributed by atoms with Crippen molar-refractivity contribution in [2.24, 2.45) is 11.8 Å². The van der Waals surface area contributed by atoms with Crippen molar-refractivity contribution >= 4 is 11.6 Å². The van der Waals surface area contributed by atoms with E-state index in [-0.39, 0.29) is 11.6 Å². The lowest BCUT2D eigenvalue weighted by Gasteiger charge is -2.04. The molecule has 0 aromatic heterocycles. The zero-order valence-electron chi connectivity index (χ0n) is 17.0. The van der Waals surface area contributed by atoms with Crippen LogP contribution < -0.4 is 0 Å². The summed E-state index contributed by atoms with van der Waals surface area (Å²) < 4.78 is 0. The molecule has 0 amide bonds. The molecular weight excluding hydrogens is 320 g/mol. The second kappa shape index (κ2) is 10.7. The normalized spacial score (nSPS) is 10.5. The lowest BCUT2D eigenvalue weighted by atomic mass is 10.0. The van der Waals surface area contributed by atoms with Crippen LogP contribution in [0.1, 0.15) is 73.4 Å². The van der Waals surface area contributed by atoms with Gasteiger partial charge in [-0.25, -0.2) is 0 Å². The molecule has 2 nitrogen and oxygen atoms in total. The Morgan fingerprint density at radius 3 is 1.08 bits per heavy atom. The molecule has 0 unspecified atom stereocenters. The standard InChI is InChI=1S/2C12H16O/c2*1-9(2)8-11-4-6-12(7-5-11)10(3)13/h2*4-7,9H,8H2,1-3H3. The Hall–Kier alpha value is -2.22. The molecule has 2 aromatic rings. The molecule has 2 aromatic carbocycles. The monoisotopic (exact) mass is 352 g/mol. The molecule has 2 heteroatoms. The van der Waals surface area contributed by atoms with Crippen LogP contribution in [0, 0.1) is 11.8 Å². The number of ketones is 2. The maximum absolute atomic E-state index is 11.0. The van der Waals surface area contributed by atoms with Gasteiger partial charge in [0.1, 0.15) is 0 Å². The maximum Gasteiger partial charge on any atom is 0.159 e. The number of hydrogen-bond acceptors (Lipinski definition) is 2. The average molecular weight is 353 g/mol. The van der Waals surface area contributed by atoms with Crippen LogP contribution in [0.2, 0.25) is 0 Å². The van der Waals surface area contributed by atoms with Crippen molar-refractivity contribution in [2.45, 2.75) is 54.4 Å². The largest absolute Gasteiger partial charge is 0.295 e. The number of carbonyl (C=O) groups is 2. The molecular formula is C24H32O2. The van der Waals surface area contributed by atoms with Crippen LogP contribution in [0.4, 0.5) is 0 Å². The summed E-state index contributed by atoms with van der Waals surface area (Å²) in [5.41, 5.74) is 4.21. The van der Waals surface area contributed by atoms with Crippen LogP contribution in [-0.4, -0.2) is 11.6 Å². The minimum absolute atomic E-state index is 0.135. The first kappa shape index (κ1) is 21.8. The van der Waals surface area contributed by atoms with Crippen molar-refractivity contribution in [3.05, 3.63) is 70.8 Å². The Kier molecular flexibility index (Phi) is 8.98. The average Bonchev–Trinajstić information content (AvgIpc) is 2.55. The van der Waals surface area contributed by atoms with Gasteiger partial charge in [-0.15, -0.1) is 0 Å². The molecule has 0 bridgehead atoms. The first-order chi connectivity index (χ1) is 12.2. The van der Waals surface area contributed by atoms with Gasteiger partial charge in [0.25, 0.3) is 0 Å². The topological polar surface area (TPSA) is 34.1 Å². The van der Waals surface area contributed by atoms with Crippen LogP contribution in [0.15, 0.2) is 48.5 Å². The number of benzene rings is 2. The van der Waals surface area contributed by atoms with Gasteiger partial charge in [0.15, 0.2) is 11.6 Å². The van der Waals surface area contributed by atoms with E-state index in [0.717, 1.165) is 24.0 Å². The van der Waals surface area contributed by atoms with Gasteiger partial charge < -0.3 is 0 Å². The minimum Gasteiger partial charge on any atom is -0.295 e. The molecule has 0 aliphatic rings. The van der Waals surface area contributed by atoms with Crippen molar-refractivity contribution in [2.75, 3.05) is 0 Å². The molecule has 0 aliphatic carbocycles. The summed E-state index contributed by atoms with van der Waals surface area (Å²) in [5, 5.41) is 0. The first-order valence-electron chi connectivity index (χ1n) is 9.38. The molecule has 0 radical (unpaired) electrons. The fraction of sp³-hybridized carbons (Fsp3) is 0.417. The SMILES string of the molecule is CC(=O)c1ccc(CC(C)C)cc1.CC(=O)c1ccc(CC(C)C)cc1. The van der Waals surface area contributed by atoms with Crippen LogP contribution in [0.25, 0.3) is 0 Å². The summed E-state index contributed by atoms with van der Waals surface area (Å²) in [6, 6.07) is 15.8. The van der Waals surface area contributed by atoms with E-state index in [1.54, 1.807) is 13.8 Å². The minimum atomic E-state index is 0.135. The van der Waals surface area contributed by atoms with E-state index in [2.05, 4.69) is 27.7 Å². The van der Waals surface area contributed by atoms with E-state index in [9.17, 15) is 9.59 Å². The fourth-order valence-electron chi connectivity index (χ4n) is 2.69. The number of rotatable bonds is 6. The summed E-state index contributed by atoms with van der Waals surface area (Å²) in [6.45, 7) is 12.0. The highest BCUT2D eigenvalue weighted by Gasteiger charge is 2.01. The van der Waals surface area contributed by atoms with E-state index in [1.807, 2.05) is 48.5 Å². The van der Waals surface area contributed by atoms with Crippen molar-refractivity contribution in [1.29, 1.82) is 0 Å². The zero-order valence-corrected chi connectivity index (χ0v) is 17.0. The molecule has 0 fully saturated rings. The Morgan fingerprint density at radius 1 is 0.615 bits per heavy atom. The van der Waals surface area contributed by atoms with Gasteiger partial charge in [-0.3, -0.25) is 9.59 Å². The molecule has 140 valence electrons. The second-order valence-electron chi connectivity index (χ2n) is 7.70. The highest BCUT2D eigenvalue weighted by Crippen LogP contribution is 2.10. The van der Waals surface area contributed by atoms with Gasteiger partial charge in [0, 0.05) is 11.1 Å². The third kappa shape index (κ3) is 8.24. The van der Waals surface area contributed by atoms with Gasteiger partial charge in [-0.2, -0.15) is 0 Å². The quantitative estimate of drug-likeness (QED) is 0.582. The lowest BCUT2D eigenvalue weighted by molar-refractivity contribution is 0.100. The van der Waals surface area contributed by atoms with Crippen molar-refractivity contribution < 1.29 is 9.59 Å². The van der Waals surface area contributed by atoms with E-state index in [0.29, 0.717) is 11.8 Å². The summed E-state index contributed by atoms with van der Waals surface area (Å²) >= 11 is 0. The molecule has 0 heterocycles. The number of Topliss-reactive ketones (excluding diaryl/α,β-unsaturated/α-hetero) is 2. The summed E-state index contributed by atoms with van der Waals surface area (Å²) in [5.74, 6) is 1.61. The van der Waals surface area contributed by atoms with Crippen LogP contribution in [0.3, 0.4) is 0 Å². The van der Waals surface area contributed by atoms with Crippen molar-refractivity contribution in [1.82, 2.24) is 0 Å². The van der Waals surface area contributed by atoms with Gasteiger partial charge in [-0.1, -0.05) is 76.2 Å². The Labute approximate surface area is 158 Å². The Bertz CT molecular complexity index is 628. The molecule has 2 rings (SSSR count). The summed E-state index contributed by atoms with van der Waals surface area (Å²) in [7, 11) is 0. The first-order valence-corrected chi connectivity index (χ1v) is 9.38. The molecule has 0 N–H and O–H groups in total. The summed E-state index contributed by atoms with van der Waals surface area (Å²) in [6.07, 6.45) is 2.16. The lowest BCUT2D eigenvalue weighted by Crippen LogP contribution is -1.96. The highest BCUT2D eigenvalue weighted by molar-refractivity contribution is 5.94. The van der Waals surface area contributed by atoms with E-state index in [1.165, 1.54) is 11.1 Å².